The van der Waals surface area contributed by atoms with Crippen LogP contribution in [0.1, 0.15) is 56.9 Å². The molecule has 2 aliphatic rings. The molecular formula is C20H24O4. The van der Waals surface area contributed by atoms with Crippen LogP contribution in [-0.2, 0) is 19.0 Å². The van der Waals surface area contributed by atoms with E-state index in [1.807, 2.05) is 44.2 Å². The van der Waals surface area contributed by atoms with Gasteiger partial charge in [0.25, 0.3) is 0 Å². The molecule has 0 N–H and O–H groups in total. The Labute approximate surface area is 143 Å². The van der Waals surface area contributed by atoms with Crippen molar-refractivity contribution in [2.45, 2.75) is 45.8 Å². The molecule has 1 aromatic rings. The molecule has 0 fully saturated rings. The van der Waals surface area contributed by atoms with E-state index in [9.17, 15) is 4.79 Å². The topological polar surface area (TPSA) is 44.8 Å². The van der Waals surface area contributed by atoms with E-state index in [0.29, 0.717) is 19.0 Å². The maximum atomic E-state index is 12.0. The van der Waals surface area contributed by atoms with E-state index in [4.69, 9.17) is 14.2 Å². The molecule has 3 rings (SSSR count). The summed E-state index contributed by atoms with van der Waals surface area (Å²) in [6.07, 6.45) is 5.53. The SMILES string of the molecule is CCOC(OCC)c1cccc(/C=C2\OC(=O)C3=C2CCCC3)c1. The molecule has 0 radical (unpaired) electrons. The second kappa shape index (κ2) is 7.77. The minimum absolute atomic E-state index is 0.173. The van der Waals surface area contributed by atoms with Crippen molar-refractivity contribution in [2.24, 2.45) is 0 Å². The molecule has 0 aromatic heterocycles. The number of allylic oxidation sites excluding steroid dienone is 1. The van der Waals surface area contributed by atoms with Crippen LogP contribution >= 0.6 is 0 Å². The molecule has 1 heterocycles. The van der Waals surface area contributed by atoms with Gasteiger partial charge in [-0.25, -0.2) is 4.79 Å². The first-order chi connectivity index (χ1) is 11.7. The Hall–Kier alpha value is -1.91. The van der Waals surface area contributed by atoms with E-state index < -0.39 is 0 Å². The number of cyclic esters (lactones) is 1. The smallest absolute Gasteiger partial charge is 0.339 e. The summed E-state index contributed by atoms with van der Waals surface area (Å²) in [5.41, 5.74) is 3.90. The van der Waals surface area contributed by atoms with Crippen LogP contribution in [0.25, 0.3) is 6.08 Å². The summed E-state index contributed by atoms with van der Waals surface area (Å²) < 4.78 is 16.8. The third-order valence-electron chi connectivity index (χ3n) is 4.33. The quantitative estimate of drug-likeness (QED) is 0.568. The van der Waals surface area contributed by atoms with Crippen LogP contribution < -0.4 is 0 Å². The van der Waals surface area contributed by atoms with Gasteiger partial charge in [-0.05, 0) is 57.2 Å². The standard InChI is InChI=1S/C20H24O4/c1-3-22-20(23-4-2)15-9-7-8-14(12-15)13-18-16-10-5-6-11-17(16)19(21)24-18/h7-9,12-13,20H,3-6,10-11H2,1-2H3/b18-13-. The highest BCUT2D eigenvalue weighted by molar-refractivity contribution is 5.95. The fraction of sp³-hybridized carbons (Fsp3) is 0.450. The Balaban J connectivity index is 1.87. The highest BCUT2D eigenvalue weighted by atomic mass is 16.7. The average Bonchev–Trinajstić information content (AvgIpc) is 2.91. The Bertz CT molecular complexity index is 666. The molecule has 0 saturated carbocycles. The van der Waals surface area contributed by atoms with Crippen LogP contribution in [0, 0.1) is 0 Å². The lowest BCUT2D eigenvalue weighted by Gasteiger charge is -2.17. The summed E-state index contributed by atoms with van der Waals surface area (Å²) >= 11 is 0. The van der Waals surface area contributed by atoms with Crippen molar-refractivity contribution in [1.82, 2.24) is 0 Å². The van der Waals surface area contributed by atoms with E-state index in [2.05, 4.69) is 0 Å². The molecule has 4 heteroatoms. The van der Waals surface area contributed by atoms with Gasteiger partial charge >= 0.3 is 5.97 Å². The number of ether oxygens (including phenoxy) is 3. The van der Waals surface area contributed by atoms with Crippen molar-refractivity contribution < 1.29 is 19.0 Å². The zero-order valence-electron chi connectivity index (χ0n) is 14.3. The van der Waals surface area contributed by atoms with Crippen LogP contribution in [0.4, 0.5) is 0 Å². The summed E-state index contributed by atoms with van der Waals surface area (Å²) in [6, 6.07) is 7.99. The van der Waals surface area contributed by atoms with Crippen molar-refractivity contribution in [3.63, 3.8) is 0 Å². The molecular weight excluding hydrogens is 304 g/mol. The minimum atomic E-state index is -0.367. The summed E-state index contributed by atoms with van der Waals surface area (Å²) in [7, 11) is 0. The second-order valence-electron chi connectivity index (χ2n) is 5.98. The van der Waals surface area contributed by atoms with Gasteiger partial charge in [0.1, 0.15) is 5.76 Å². The normalized spacial score (nSPS) is 19.1. The Morgan fingerprint density at radius 2 is 1.83 bits per heavy atom. The largest absolute Gasteiger partial charge is 0.423 e. The van der Waals surface area contributed by atoms with Crippen LogP contribution in [0.2, 0.25) is 0 Å². The Kier molecular flexibility index (Phi) is 5.48. The highest BCUT2D eigenvalue weighted by Gasteiger charge is 2.31. The Morgan fingerprint density at radius 3 is 2.54 bits per heavy atom. The maximum absolute atomic E-state index is 12.0. The lowest BCUT2D eigenvalue weighted by Crippen LogP contribution is -2.08. The molecule has 24 heavy (non-hydrogen) atoms. The lowest BCUT2D eigenvalue weighted by atomic mass is 9.92. The number of esters is 1. The molecule has 0 bridgehead atoms. The van der Waals surface area contributed by atoms with Gasteiger partial charge in [-0.15, -0.1) is 0 Å². The first kappa shape index (κ1) is 16.9. The predicted octanol–water partition coefficient (Wildman–Crippen LogP) is 4.53. The van der Waals surface area contributed by atoms with Crippen molar-refractivity contribution in [2.75, 3.05) is 13.2 Å². The molecule has 1 aromatic carbocycles. The van der Waals surface area contributed by atoms with Gasteiger partial charge in [0.05, 0.1) is 0 Å². The van der Waals surface area contributed by atoms with Gasteiger partial charge in [0, 0.05) is 29.9 Å². The molecule has 0 amide bonds. The van der Waals surface area contributed by atoms with Crippen LogP contribution in [-0.4, -0.2) is 19.2 Å². The van der Waals surface area contributed by atoms with Gasteiger partial charge in [-0.2, -0.15) is 0 Å². The van der Waals surface area contributed by atoms with Crippen molar-refractivity contribution in [3.05, 3.63) is 52.3 Å². The van der Waals surface area contributed by atoms with E-state index in [-0.39, 0.29) is 12.3 Å². The number of carbonyl (C=O) groups is 1. The molecule has 1 aliphatic heterocycles. The predicted molar refractivity (Wildman–Crippen MR) is 92.0 cm³/mol. The summed E-state index contributed by atoms with van der Waals surface area (Å²) in [6.45, 7) is 5.08. The number of hydrogen-bond acceptors (Lipinski definition) is 4. The fourth-order valence-electron chi connectivity index (χ4n) is 3.23. The maximum Gasteiger partial charge on any atom is 0.339 e. The van der Waals surface area contributed by atoms with Crippen LogP contribution in [0.3, 0.4) is 0 Å². The molecule has 0 spiro atoms. The number of carbonyl (C=O) groups excluding carboxylic acids is 1. The monoisotopic (exact) mass is 328 g/mol. The first-order valence-electron chi connectivity index (χ1n) is 8.72. The van der Waals surface area contributed by atoms with Crippen LogP contribution in [0.5, 0.6) is 0 Å². The molecule has 0 saturated heterocycles. The average molecular weight is 328 g/mol. The van der Waals surface area contributed by atoms with Crippen molar-refractivity contribution in [1.29, 1.82) is 0 Å². The number of hydrogen-bond donors (Lipinski definition) is 0. The second-order valence-corrected chi connectivity index (χ2v) is 5.98. The zero-order valence-corrected chi connectivity index (χ0v) is 14.3. The third kappa shape index (κ3) is 3.60. The molecule has 0 unspecified atom stereocenters. The fourth-order valence-corrected chi connectivity index (χ4v) is 3.23. The van der Waals surface area contributed by atoms with Gasteiger partial charge in [-0.3, -0.25) is 0 Å². The van der Waals surface area contributed by atoms with Gasteiger partial charge in [0.2, 0.25) is 0 Å². The van der Waals surface area contributed by atoms with Crippen LogP contribution in [0.15, 0.2) is 41.2 Å². The molecule has 4 nitrogen and oxygen atoms in total. The van der Waals surface area contributed by atoms with Gasteiger partial charge in [0.15, 0.2) is 6.29 Å². The molecule has 128 valence electrons. The van der Waals surface area contributed by atoms with Crippen molar-refractivity contribution >= 4 is 12.0 Å². The van der Waals surface area contributed by atoms with Crippen molar-refractivity contribution in [3.8, 4) is 0 Å². The van der Waals surface area contributed by atoms with E-state index in [1.165, 1.54) is 0 Å². The first-order valence-corrected chi connectivity index (χ1v) is 8.72. The minimum Gasteiger partial charge on any atom is -0.423 e. The number of rotatable bonds is 6. The summed E-state index contributed by atoms with van der Waals surface area (Å²) in [4.78, 5) is 12.0. The third-order valence-corrected chi connectivity index (χ3v) is 4.33. The molecule has 1 aliphatic carbocycles. The number of benzene rings is 1. The molecule has 0 atom stereocenters. The van der Waals surface area contributed by atoms with E-state index >= 15 is 0 Å². The summed E-state index contributed by atoms with van der Waals surface area (Å²) in [5, 5.41) is 0. The zero-order chi connectivity index (χ0) is 16.9. The van der Waals surface area contributed by atoms with Gasteiger partial charge < -0.3 is 14.2 Å². The highest BCUT2D eigenvalue weighted by Crippen LogP contribution is 2.37. The van der Waals surface area contributed by atoms with E-state index in [1.54, 1.807) is 0 Å². The Morgan fingerprint density at radius 1 is 1.12 bits per heavy atom. The lowest BCUT2D eigenvalue weighted by molar-refractivity contribution is -0.140. The van der Waals surface area contributed by atoms with E-state index in [0.717, 1.165) is 48.0 Å². The van der Waals surface area contributed by atoms with Gasteiger partial charge in [-0.1, -0.05) is 18.2 Å². The summed E-state index contributed by atoms with van der Waals surface area (Å²) in [5.74, 6) is 0.532.